The molecule has 2 N–H and O–H groups in total. The van der Waals surface area contributed by atoms with Crippen molar-refractivity contribution in [2.75, 3.05) is 13.2 Å². The molecule has 0 aliphatic carbocycles. The molecule has 0 saturated carbocycles. The molecule has 1 heterocycles. The number of pyridine rings is 1. The van der Waals surface area contributed by atoms with Crippen molar-refractivity contribution in [2.45, 2.75) is 26.0 Å². The number of aliphatic hydroxyl groups excluding tert-OH is 1. The first kappa shape index (κ1) is 13.6. The van der Waals surface area contributed by atoms with E-state index in [-0.39, 0.29) is 12.4 Å². The van der Waals surface area contributed by atoms with Gasteiger partial charge in [0.2, 0.25) is 0 Å². The molecule has 0 bridgehead atoms. The molecule has 1 aromatic rings. The molecule has 0 spiro atoms. The fraction of sp³-hybridized carbons (Fsp3) is 0.500. The van der Waals surface area contributed by atoms with E-state index < -0.39 is 6.10 Å². The highest BCUT2D eigenvalue weighted by Crippen LogP contribution is 1.97. The van der Waals surface area contributed by atoms with Gasteiger partial charge in [0.05, 0.1) is 19.1 Å². The third kappa shape index (κ3) is 5.99. The van der Waals surface area contributed by atoms with Gasteiger partial charge in [-0.1, -0.05) is 6.07 Å². The number of nitrogens with zero attached hydrogens (tertiary/aromatic N) is 1. The minimum atomic E-state index is -0.717. The summed E-state index contributed by atoms with van der Waals surface area (Å²) in [6, 6.07) is 3.80. The number of esters is 1. The summed E-state index contributed by atoms with van der Waals surface area (Å²) in [5.41, 5.74) is 1.04. The summed E-state index contributed by atoms with van der Waals surface area (Å²) in [5, 5.41) is 12.6. The lowest BCUT2D eigenvalue weighted by molar-refractivity contribution is -0.145. The van der Waals surface area contributed by atoms with Gasteiger partial charge in [0.25, 0.3) is 0 Å². The van der Waals surface area contributed by atoms with Crippen LogP contribution in [-0.2, 0) is 16.1 Å². The quantitative estimate of drug-likeness (QED) is 0.676. The van der Waals surface area contributed by atoms with Crippen LogP contribution in [0.3, 0.4) is 0 Å². The molecule has 5 nitrogen and oxygen atoms in total. The molecule has 1 rings (SSSR count). The maximum atomic E-state index is 11.1. The monoisotopic (exact) mass is 238 g/mol. The number of carbonyl (C=O) groups is 1. The Kier molecular flexibility index (Phi) is 6.21. The standard InChI is InChI=1S/C12H18N2O3/c1-2-17-12(16)6-11(15)9-14-8-10-4-3-5-13-7-10/h3-5,7,11,14-15H,2,6,8-9H2,1H3. The number of hydrogen-bond donors (Lipinski definition) is 2. The number of nitrogens with one attached hydrogen (secondary N) is 1. The molecule has 1 unspecified atom stereocenters. The van der Waals surface area contributed by atoms with E-state index >= 15 is 0 Å². The number of aromatic nitrogens is 1. The van der Waals surface area contributed by atoms with Gasteiger partial charge in [0.1, 0.15) is 0 Å². The molecule has 0 amide bonds. The Balaban J connectivity index is 2.16. The number of carbonyl (C=O) groups excluding carboxylic acids is 1. The van der Waals surface area contributed by atoms with Crippen LogP contribution >= 0.6 is 0 Å². The van der Waals surface area contributed by atoms with Crippen molar-refractivity contribution in [3.8, 4) is 0 Å². The van der Waals surface area contributed by atoms with Crippen molar-refractivity contribution >= 4 is 5.97 Å². The summed E-state index contributed by atoms with van der Waals surface area (Å²) >= 11 is 0. The van der Waals surface area contributed by atoms with Crippen LogP contribution in [0, 0.1) is 0 Å². The Bertz CT molecular complexity index is 330. The van der Waals surface area contributed by atoms with Crippen LogP contribution in [0.1, 0.15) is 18.9 Å². The number of hydrogen-bond acceptors (Lipinski definition) is 5. The summed E-state index contributed by atoms with van der Waals surface area (Å²) in [6.45, 7) is 3.06. The van der Waals surface area contributed by atoms with Crippen LogP contribution in [0.2, 0.25) is 0 Å². The van der Waals surface area contributed by atoms with Crippen molar-refractivity contribution in [3.63, 3.8) is 0 Å². The average molecular weight is 238 g/mol. The van der Waals surface area contributed by atoms with Gasteiger partial charge >= 0.3 is 5.97 Å². The highest BCUT2D eigenvalue weighted by Gasteiger charge is 2.10. The van der Waals surface area contributed by atoms with Crippen LogP contribution < -0.4 is 5.32 Å². The molecule has 17 heavy (non-hydrogen) atoms. The smallest absolute Gasteiger partial charge is 0.308 e. The molecule has 1 atom stereocenters. The summed E-state index contributed by atoms with van der Waals surface area (Å²) < 4.78 is 4.74. The van der Waals surface area contributed by atoms with Crippen molar-refractivity contribution in [1.82, 2.24) is 10.3 Å². The molecule has 1 aromatic heterocycles. The van der Waals surface area contributed by atoms with E-state index in [2.05, 4.69) is 10.3 Å². The third-order valence-electron chi connectivity index (χ3n) is 2.14. The van der Waals surface area contributed by atoms with Gasteiger partial charge < -0.3 is 15.2 Å². The lowest BCUT2D eigenvalue weighted by atomic mass is 10.2. The Hall–Kier alpha value is -1.46. The van der Waals surface area contributed by atoms with Gasteiger partial charge in [-0.05, 0) is 18.6 Å². The summed E-state index contributed by atoms with van der Waals surface area (Å²) in [6.07, 6.45) is 2.77. The second-order valence-electron chi connectivity index (χ2n) is 3.66. The second-order valence-corrected chi connectivity index (χ2v) is 3.66. The minimum absolute atomic E-state index is 0.0217. The lowest BCUT2D eigenvalue weighted by Crippen LogP contribution is -2.29. The molecule has 0 radical (unpaired) electrons. The lowest BCUT2D eigenvalue weighted by Gasteiger charge is -2.10. The fourth-order valence-electron chi connectivity index (χ4n) is 1.37. The maximum absolute atomic E-state index is 11.1. The largest absolute Gasteiger partial charge is 0.466 e. The third-order valence-corrected chi connectivity index (χ3v) is 2.14. The molecular formula is C12H18N2O3. The van der Waals surface area contributed by atoms with Gasteiger partial charge in [0, 0.05) is 25.5 Å². The minimum Gasteiger partial charge on any atom is -0.466 e. The van der Waals surface area contributed by atoms with Crippen molar-refractivity contribution in [1.29, 1.82) is 0 Å². The molecule has 0 aromatic carbocycles. The summed E-state index contributed by atoms with van der Waals surface area (Å²) in [4.78, 5) is 15.0. The van der Waals surface area contributed by atoms with Crippen LogP contribution in [0.15, 0.2) is 24.5 Å². The average Bonchev–Trinajstić information content (AvgIpc) is 2.30. The SMILES string of the molecule is CCOC(=O)CC(O)CNCc1cccnc1. The van der Waals surface area contributed by atoms with Gasteiger partial charge in [-0.2, -0.15) is 0 Å². The number of aliphatic hydroxyl groups is 1. The molecule has 0 aliphatic rings. The van der Waals surface area contributed by atoms with Gasteiger partial charge in [-0.3, -0.25) is 9.78 Å². The first-order valence-electron chi connectivity index (χ1n) is 5.65. The van der Waals surface area contributed by atoms with E-state index in [1.54, 1.807) is 19.3 Å². The summed E-state index contributed by atoms with van der Waals surface area (Å²) in [5.74, 6) is -0.372. The van der Waals surface area contributed by atoms with Crippen LogP contribution in [0.4, 0.5) is 0 Å². The molecule has 5 heteroatoms. The van der Waals surface area contributed by atoms with E-state index in [0.29, 0.717) is 19.7 Å². The van der Waals surface area contributed by atoms with Crippen molar-refractivity contribution < 1.29 is 14.6 Å². The number of ether oxygens (including phenoxy) is 1. The van der Waals surface area contributed by atoms with E-state index in [9.17, 15) is 9.90 Å². The van der Waals surface area contributed by atoms with Gasteiger partial charge in [-0.15, -0.1) is 0 Å². The molecular weight excluding hydrogens is 220 g/mol. The maximum Gasteiger partial charge on any atom is 0.308 e. The van der Waals surface area contributed by atoms with Crippen LogP contribution in [0.5, 0.6) is 0 Å². The predicted molar refractivity (Wildman–Crippen MR) is 63.2 cm³/mol. The Morgan fingerprint density at radius 3 is 3.12 bits per heavy atom. The Morgan fingerprint density at radius 2 is 2.47 bits per heavy atom. The van der Waals surface area contributed by atoms with Gasteiger partial charge in [0.15, 0.2) is 0 Å². The Labute approximate surface area is 101 Å². The van der Waals surface area contributed by atoms with Crippen LogP contribution in [-0.4, -0.2) is 35.3 Å². The first-order chi connectivity index (χ1) is 8.22. The van der Waals surface area contributed by atoms with E-state index in [1.807, 2.05) is 12.1 Å². The highest BCUT2D eigenvalue weighted by atomic mass is 16.5. The van der Waals surface area contributed by atoms with Crippen molar-refractivity contribution in [2.24, 2.45) is 0 Å². The van der Waals surface area contributed by atoms with Crippen LogP contribution in [0.25, 0.3) is 0 Å². The normalized spacial score (nSPS) is 12.1. The zero-order valence-electron chi connectivity index (χ0n) is 9.93. The molecule has 0 aliphatic heterocycles. The zero-order chi connectivity index (χ0) is 12.5. The fourth-order valence-corrected chi connectivity index (χ4v) is 1.37. The first-order valence-corrected chi connectivity index (χ1v) is 5.65. The predicted octanol–water partition coefficient (Wildman–Crippen LogP) is 0.485. The van der Waals surface area contributed by atoms with E-state index in [0.717, 1.165) is 5.56 Å². The molecule has 0 saturated heterocycles. The van der Waals surface area contributed by atoms with E-state index in [4.69, 9.17) is 4.74 Å². The second kappa shape index (κ2) is 7.76. The molecule has 0 fully saturated rings. The highest BCUT2D eigenvalue weighted by molar-refractivity contribution is 5.69. The zero-order valence-corrected chi connectivity index (χ0v) is 9.93. The van der Waals surface area contributed by atoms with E-state index in [1.165, 1.54) is 0 Å². The molecule has 94 valence electrons. The summed E-state index contributed by atoms with van der Waals surface area (Å²) in [7, 11) is 0. The van der Waals surface area contributed by atoms with Gasteiger partial charge in [-0.25, -0.2) is 0 Å². The Morgan fingerprint density at radius 1 is 1.65 bits per heavy atom. The number of rotatable bonds is 7. The van der Waals surface area contributed by atoms with Crippen molar-refractivity contribution in [3.05, 3.63) is 30.1 Å². The topological polar surface area (TPSA) is 71.5 Å².